The van der Waals surface area contributed by atoms with E-state index in [9.17, 15) is 10.2 Å². The molecule has 178 valence electrons. The van der Waals surface area contributed by atoms with Gasteiger partial charge in [-0.25, -0.2) is 0 Å². The van der Waals surface area contributed by atoms with E-state index in [-0.39, 0.29) is 17.5 Å². The minimum Gasteiger partial charge on any atom is -0.504 e. The van der Waals surface area contributed by atoms with Crippen LogP contribution in [0.1, 0.15) is 60.5 Å². The highest BCUT2D eigenvalue weighted by molar-refractivity contribution is 5.50. The molecule has 3 N–H and O–H groups in total. The molecule has 5 rings (SSSR count). The molecule has 1 saturated heterocycles. The summed E-state index contributed by atoms with van der Waals surface area (Å²) in [6.45, 7) is 5.44. The number of aromatic hydroxyl groups is 2. The topological polar surface area (TPSA) is 74.2 Å². The summed E-state index contributed by atoms with van der Waals surface area (Å²) < 4.78 is 11.2. The molecule has 0 bridgehead atoms. The number of hydrogen-bond donors (Lipinski definition) is 3. The van der Waals surface area contributed by atoms with Crippen molar-refractivity contribution in [3.63, 3.8) is 0 Å². The molecule has 2 aromatic rings. The zero-order valence-electron chi connectivity index (χ0n) is 19.9. The van der Waals surface area contributed by atoms with Gasteiger partial charge in [0, 0.05) is 25.2 Å². The summed E-state index contributed by atoms with van der Waals surface area (Å²) in [5.74, 6) is 2.82. The van der Waals surface area contributed by atoms with Gasteiger partial charge < -0.3 is 25.0 Å². The molecule has 3 aliphatic rings. The number of piperidine rings is 1. The second kappa shape index (κ2) is 9.07. The smallest absolute Gasteiger partial charge is 0.161 e. The second-order valence-electron chi connectivity index (χ2n) is 9.86. The lowest BCUT2D eigenvalue weighted by Crippen LogP contribution is -2.46. The Morgan fingerprint density at radius 3 is 2.42 bits per heavy atom. The Morgan fingerprint density at radius 1 is 0.939 bits per heavy atom. The minimum absolute atomic E-state index is 0.0164. The van der Waals surface area contributed by atoms with Crippen LogP contribution in [0.25, 0.3) is 0 Å². The summed E-state index contributed by atoms with van der Waals surface area (Å²) in [4.78, 5) is 2.67. The molecule has 0 aromatic heterocycles. The SMILES string of the molecule is CC[C@H]1CN2CCc3cc(OC)c(OC)cc3[C@@H]2C[C@@H]1C[C@@H]1NCCc2cc(O)c(O)cc21. The van der Waals surface area contributed by atoms with Gasteiger partial charge in [0.05, 0.1) is 14.2 Å². The van der Waals surface area contributed by atoms with E-state index in [2.05, 4.69) is 29.3 Å². The molecule has 4 atom stereocenters. The maximum Gasteiger partial charge on any atom is 0.161 e. The van der Waals surface area contributed by atoms with E-state index in [1.165, 1.54) is 17.5 Å². The first-order valence-electron chi connectivity index (χ1n) is 12.3. The molecule has 0 radical (unpaired) electrons. The largest absolute Gasteiger partial charge is 0.504 e. The average molecular weight is 453 g/mol. The van der Waals surface area contributed by atoms with Crippen molar-refractivity contribution in [1.82, 2.24) is 10.2 Å². The van der Waals surface area contributed by atoms with Gasteiger partial charge in [-0.1, -0.05) is 13.3 Å². The number of phenolic OH excluding ortho intramolecular Hbond substituents is 2. The Kier molecular flexibility index (Phi) is 6.14. The first-order valence-corrected chi connectivity index (χ1v) is 12.3. The van der Waals surface area contributed by atoms with Gasteiger partial charge in [0.1, 0.15) is 0 Å². The Morgan fingerprint density at radius 2 is 1.67 bits per heavy atom. The van der Waals surface area contributed by atoms with Crippen LogP contribution in [0.3, 0.4) is 0 Å². The first-order chi connectivity index (χ1) is 16.0. The normalized spacial score (nSPS) is 26.8. The molecular weight excluding hydrogens is 416 g/mol. The van der Waals surface area contributed by atoms with Gasteiger partial charge in [-0.2, -0.15) is 0 Å². The predicted octanol–water partition coefficient (Wildman–Crippen LogP) is 4.34. The number of rotatable bonds is 5. The van der Waals surface area contributed by atoms with Gasteiger partial charge >= 0.3 is 0 Å². The summed E-state index contributed by atoms with van der Waals surface area (Å²) in [5.41, 5.74) is 5.06. The van der Waals surface area contributed by atoms with Crippen LogP contribution >= 0.6 is 0 Å². The summed E-state index contributed by atoms with van der Waals surface area (Å²) >= 11 is 0. The number of hydrogen-bond acceptors (Lipinski definition) is 6. The van der Waals surface area contributed by atoms with Crippen molar-refractivity contribution >= 4 is 0 Å². The highest BCUT2D eigenvalue weighted by atomic mass is 16.5. The second-order valence-corrected chi connectivity index (χ2v) is 9.86. The van der Waals surface area contributed by atoms with Crippen LogP contribution in [0.15, 0.2) is 24.3 Å². The van der Waals surface area contributed by atoms with Crippen LogP contribution in [-0.2, 0) is 12.8 Å². The Bertz CT molecular complexity index is 1020. The van der Waals surface area contributed by atoms with Gasteiger partial charge in [0.15, 0.2) is 23.0 Å². The van der Waals surface area contributed by atoms with E-state index in [1.807, 2.05) is 0 Å². The summed E-state index contributed by atoms with van der Waals surface area (Å²) in [7, 11) is 3.41. The van der Waals surface area contributed by atoms with Gasteiger partial charge in [0.25, 0.3) is 0 Å². The number of nitrogens with one attached hydrogen (secondary N) is 1. The molecule has 2 aromatic carbocycles. The van der Waals surface area contributed by atoms with Crippen molar-refractivity contribution in [2.24, 2.45) is 11.8 Å². The van der Waals surface area contributed by atoms with Crippen molar-refractivity contribution in [3.05, 3.63) is 46.5 Å². The molecular formula is C27H36N2O4. The third kappa shape index (κ3) is 4.04. The molecule has 0 spiro atoms. The average Bonchev–Trinajstić information content (AvgIpc) is 2.83. The molecule has 3 heterocycles. The molecule has 0 unspecified atom stereocenters. The molecule has 1 fully saturated rings. The molecule has 33 heavy (non-hydrogen) atoms. The van der Waals surface area contributed by atoms with Crippen molar-refractivity contribution in [2.75, 3.05) is 33.9 Å². The molecule has 0 aliphatic carbocycles. The molecule has 6 heteroatoms. The van der Waals surface area contributed by atoms with Crippen molar-refractivity contribution < 1.29 is 19.7 Å². The maximum atomic E-state index is 10.1. The van der Waals surface area contributed by atoms with Gasteiger partial charge in [-0.3, -0.25) is 4.90 Å². The third-order valence-corrected chi connectivity index (χ3v) is 8.23. The Hall–Kier alpha value is -2.44. The van der Waals surface area contributed by atoms with Crippen molar-refractivity contribution in [3.8, 4) is 23.0 Å². The van der Waals surface area contributed by atoms with Crippen LogP contribution < -0.4 is 14.8 Å². The summed E-state index contributed by atoms with van der Waals surface area (Å²) in [5, 5.41) is 23.8. The molecule has 0 amide bonds. The van der Waals surface area contributed by atoms with E-state index in [4.69, 9.17) is 9.47 Å². The third-order valence-electron chi connectivity index (χ3n) is 8.23. The fourth-order valence-electron chi connectivity index (χ4n) is 6.44. The number of nitrogens with zero attached hydrogens (tertiary/aromatic N) is 1. The van der Waals surface area contributed by atoms with Gasteiger partial charge in [0.2, 0.25) is 0 Å². The van der Waals surface area contributed by atoms with E-state index in [0.29, 0.717) is 17.9 Å². The van der Waals surface area contributed by atoms with Crippen LogP contribution in [-0.4, -0.2) is 49.0 Å². The number of benzene rings is 2. The van der Waals surface area contributed by atoms with E-state index >= 15 is 0 Å². The van der Waals surface area contributed by atoms with E-state index in [1.54, 1.807) is 26.4 Å². The lowest BCUT2D eigenvalue weighted by molar-refractivity contribution is 0.0434. The monoisotopic (exact) mass is 452 g/mol. The quantitative estimate of drug-likeness (QED) is 0.586. The highest BCUT2D eigenvalue weighted by Gasteiger charge is 2.40. The zero-order chi connectivity index (χ0) is 23.1. The number of methoxy groups -OCH3 is 2. The van der Waals surface area contributed by atoms with Crippen LogP contribution in [0.2, 0.25) is 0 Å². The lowest BCUT2D eigenvalue weighted by atomic mass is 9.72. The van der Waals surface area contributed by atoms with Crippen LogP contribution in [0, 0.1) is 11.8 Å². The molecule has 0 saturated carbocycles. The van der Waals surface area contributed by atoms with Crippen LogP contribution in [0.4, 0.5) is 0 Å². The van der Waals surface area contributed by atoms with Gasteiger partial charge in [-0.15, -0.1) is 0 Å². The summed E-state index contributed by atoms with van der Waals surface area (Å²) in [6, 6.07) is 8.49. The van der Waals surface area contributed by atoms with Crippen LogP contribution in [0.5, 0.6) is 23.0 Å². The number of ether oxygens (including phenoxy) is 2. The van der Waals surface area contributed by atoms with E-state index in [0.717, 1.165) is 67.9 Å². The predicted molar refractivity (Wildman–Crippen MR) is 128 cm³/mol. The fraction of sp³-hybridized carbons (Fsp3) is 0.556. The highest BCUT2D eigenvalue weighted by Crippen LogP contribution is 2.47. The standard InChI is InChI=1S/C27H36N2O4/c1-4-16-15-29-8-6-18-12-26(32-2)27(33-3)14-21(18)23(29)10-19(16)9-22-20-13-25(31)24(30)11-17(20)5-7-28-22/h11-14,16,19,22-23,28,30-31H,4-10,15H2,1-3H3/t16-,19-,22-,23-/m0/s1. The van der Waals surface area contributed by atoms with E-state index < -0.39 is 0 Å². The van der Waals surface area contributed by atoms with Crippen molar-refractivity contribution in [2.45, 2.75) is 51.1 Å². The minimum atomic E-state index is -0.0217. The number of fused-ring (bicyclic) bond motifs is 4. The lowest BCUT2D eigenvalue weighted by Gasteiger charge is -2.48. The zero-order valence-corrected chi connectivity index (χ0v) is 19.9. The maximum absolute atomic E-state index is 10.1. The fourth-order valence-corrected chi connectivity index (χ4v) is 6.44. The first kappa shape index (κ1) is 22.4. The van der Waals surface area contributed by atoms with Crippen molar-refractivity contribution in [1.29, 1.82) is 0 Å². The Balaban J connectivity index is 1.43. The Labute approximate surface area is 196 Å². The summed E-state index contributed by atoms with van der Waals surface area (Å²) in [6.07, 6.45) is 5.27. The number of phenols is 2. The molecule has 6 nitrogen and oxygen atoms in total. The van der Waals surface area contributed by atoms with Gasteiger partial charge in [-0.05, 0) is 90.6 Å². The molecule has 3 aliphatic heterocycles.